The second kappa shape index (κ2) is 20.2. The predicted molar refractivity (Wildman–Crippen MR) is 211 cm³/mol. The van der Waals surface area contributed by atoms with Crippen LogP contribution in [0.1, 0.15) is 82.4 Å². The quantitative estimate of drug-likeness (QED) is 0.0521. The first kappa shape index (κ1) is 39.9. The van der Waals surface area contributed by atoms with Gasteiger partial charge in [-0.25, -0.2) is 0 Å². The molecular formula is C45H48N2O9. The molecule has 4 amide bonds. The third-order valence-electron chi connectivity index (χ3n) is 9.63. The number of nitrogens with zero attached hydrogens (tertiary/aromatic N) is 1. The van der Waals surface area contributed by atoms with Gasteiger partial charge in [0.2, 0.25) is 11.8 Å². The number of aryl methyl sites for hydroxylation is 1. The van der Waals surface area contributed by atoms with E-state index in [1.165, 1.54) is 28.8 Å². The minimum Gasteiger partial charge on any atom is -0.508 e. The number of aromatic hydroxyl groups is 1. The van der Waals surface area contributed by atoms with Crippen molar-refractivity contribution >= 4 is 35.3 Å². The minimum absolute atomic E-state index is 0.0729. The van der Waals surface area contributed by atoms with Gasteiger partial charge in [-0.15, -0.1) is 0 Å². The molecule has 11 heteroatoms. The number of imide groups is 2. The SMILES string of the molecule is O=C1CCC(N2C(=O)c3ccc(OCCCOCCCOCCCCOc4ccc(/C=C(/CCc5ccc(O)cc5)c5ccccc5)cc4)cc3C2=O)C(=O)N1. The van der Waals surface area contributed by atoms with Crippen molar-refractivity contribution in [3.63, 3.8) is 0 Å². The summed E-state index contributed by atoms with van der Waals surface area (Å²) in [5, 5.41) is 11.8. The first-order valence-electron chi connectivity index (χ1n) is 19.3. The minimum atomic E-state index is -0.998. The Balaban J connectivity index is 0.796. The zero-order valence-corrected chi connectivity index (χ0v) is 31.5. The van der Waals surface area contributed by atoms with Crippen LogP contribution in [-0.2, 0) is 25.5 Å². The van der Waals surface area contributed by atoms with Crippen molar-refractivity contribution in [3.05, 3.63) is 125 Å². The molecule has 1 saturated heterocycles. The van der Waals surface area contributed by atoms with Gasteiger partial charge in [0, 0.05) is 39.3 Å². The van der Waals surface area contributed by atoms with Crippen molar-refractivity contribution in [2.24, 2.45) is 0 Å². The van der Waals surface area contributed by atoms with Crippen molar-refractivity contribution in [1.82, 2.24) is 10.2 Å². The van der Waals surface area contributed by atoms with E-state index < -0.39 is 29.7 Å². The van der Waals surface area contributed by atoms with Gasteiger partial charge >= 0.3 is 0 Å². The lowest BCUT2D eigenvalue weighted by molar-refractivity contribution is -0.136. The molecule has 2 N–H and O–H groups in total. The van der Waals surface area contributed by atoms with E-state index >= 15 is 0 Å². The summed E-state index contributed by atoms with van der Waals surface area (Å²) in [6, 6.07) is 29.7. The van der Waals surface area contributed by atoms with Gasteiger partial charge in [0.05, 0.1) is 24.3 Å². The van der Waals surface area contributed by atoms with Crippen LogP contribution in [0.15, 0.2) is 97.1 Å². The highest BCUT2D eigenvalue weighted by atomic mass is 16.5. The molecule has 56 heavy (non-hydrogen) atoms. The Kier molecular flexibility index (Phi) is 14.4. The molecule has 292 valence electrons. The van der Waals surface area contributed by atoms with Crippen LogP contribution in [0.2, 0.25) is 0 Å². The van der Waals surface area contributed by atoms with Crippen LogP contribution in [0.3, 0.4) is 0 Å². The predicted octanol–water partition coefficient (Wildman–Crippen LogP) is 7.02. The van der Waals surface area contributed by atoms with Crippen LogP contribution in [0, 0.1) is 0 Å². The number of hydrogen-bond acceptors (Lipinski definition) is 9. The fourth-order valence-corrected chi connectivity index (χ4v) is 6.61. The molecule has 1 fully saturated rings. The summed E-state index contributed by atoms with van der Waals surface area (Å²) < 4.78 is 23.2. The number of amides is 4. The summed E-state index contributed by atoms with van der Waals surface area (Å²) in [5.74, 6) is -0.583. The first-order chi connectivity index (χ1) is 27.4. The number of piperidine rings is 1. The number of carbonyl (C=O) groups excluding carboxylic acids is 4. The molecular weight excluding hydrogens is 712 g/mol. The number of ether oxygens (including phenoxy) is 4. The molecule has 0 aromatic heterocycles. The highest BCUT2D eigenvalue weighted by Gasteiger charge is 2.44. The number of unbranched alkanes of at least 4 members (excludes halogenated alkanes) is 1. The largest absolute Gasteiger partial charge is 0.508 e. The van der Waals surface area contributed by atoms with E-state index in [-0.39, 0.29) is 29.7 Å². The van der Waals surface area contributed by atoms with Gasteiger partial charge in [0.1, 0.15) is 23.3 Å². The molecule has 2 heterocycles. The standard InChI is InChI=1S/C45H48N2O9/c48-36-16-11-32(12-17-36)10-15-35(34-8-2-1-3-9-34)30-33-13-18-37(19-14-33)55-28-5-4-24-53-25-6-26-54-27-7-29-56-38-20-21-39-40(31-38)45(52)47(44(39)51)41-22-23-42(49)46-43(41)50/h1-3,8-9,11-14,16-21,30-31,41,48H,4-7,10,15,22-29H2,(H,46,49,50)/b35-30-. The van der Waals surface area contributed by atoms with Crippen LogP contribution in [0.4, 0.5) is 0 Å². The highest BCUT2D eigenvalue weighted by Crippen LogP contribution is 2.30. The summed E-state index contributed by atoms with van der Waals surface area (Å²) in [7, 11) is 0. The first-order valence-corrected chi connectivity index (χ1v) is 19.3. The lowest BCUT2D eigenvalue weighted by Crippen LogP contribution is -2.54. The molecule has 4 aromatic carbocycles. The Morgan fingerprint density at radius 3 is 2.05 bits per heavy atom. The number of carbonyl (C=O) groups is 4. The molecule has 4 aromatic rings. The van der Waals surface area contributed by atoms with E-state index in [9.17, 15) is 24.3 Å². The number of phenols is 1. The maximum Gasteiger partial charge on any atom is 0.262 e. The molecule has 1 unspecified atom stereocenters. The zero-order chi connectivity index (χ0) is 39.1. The number of rotatable bonds is 21. The summed E-state index contributed by atoms with van der Waals surface area (Å²) in [6.07, 6.45) is 7.39. The molecule has 11 nitrogen and oxygen atoms in total. The Morgan fingerprint density at radius 2 is 1.32 bits per heavy atom. The molecule has 6 rings (SSSR count). The molecule has 1 atom stereocenters. The fraction of sp³-hybridized carbons (Fsp3) is 0.333. The van der Waals surface area contributed by atoms with Crippen LogP contribution in [0.5, 0.6) is 17.2 Å². The van der Waals surface area contributed by atoms with Crippen molar-refractivity contribution < 1.29 is 43.2 Å². The maximum absolute atomic E-state index is 13.0. The molecule has 0 aliphatic carbocycles. The van der Waals surface area contributed by atoms with Gasteiger partial charge in [-0.1, -0.05) is 60.7 Å². The van der Waals surface area contributed by atoms with Gasteiger partial charge in [-0.2, -0.15) is 0 Å². The third kappa shape index (κ3) is 11.1. The van der Waals surface area contributed by atoms with Crippen LogP contribution >= 0.6 is 0 Å². The normalized spacial score (nSPS) is 15.5. The number of nitrogens with one attached hydrogen (secondary N) is 1. The van der Waals surface area contributed by atoms with Crippen LogP contribution < -0.4 is 14.8 Å². The second-order valence-corrected chi connectivity index (χ2v) is 13.8. The van der Waals surface area contributed by atoms with E-state index in [0.29, 0.717) is 51.8 Å². The van der Waals surface area contributed by atoms with Crippen LogP contribution in [-0.4, -0.2) is 79.3 Å². The van der Waals surface area contributed by atoms with E-state index in [4.69, 9.17) is 18.9 Å². The van der Waals surface area contributed by atoms with Gasteiger partial charge in [-0.3, -0.25) is 29.4 Å². The Hall–Kier alpha value is -5.78. The van der Waals surface area contributed by atoms with E-state index in [1.807, 2.05) is 30.3 Å². The number of fused-ring (bicyclic) bond motifs is 1. The summed E-state index contributed by atoms with van der Waals surface area (Å²) in [6.45, 7) is 3.35. The Labute approximate surface area is 327 Å². The average Bonchev–Trinajstić information content (AvgIpc) is 3.45. The summed E-state index contributed by atoms with van der Waals surface area (Å²) in [5.41, 5.74) is 5.15. The molecule has 2 aliphatic heterocycles. The van der Waals surface area contributed by atoms with Gasteiger partial charge < -0.3 is 24.1 Å². The lowest BCUT2D eigenvalue weighted by Gasteiger charge is -2.27. The summed E-state index contributed by atoms with van der Waals surface area (Å²) >= 11 is 0. The van der Waals surface area contributed by atoms with Gasteiger partial charge in [0.15, 0.2) is 0 Å². The lowest BCUT2D eigenvalue weighted by atomic mass is 9.96. The fourth-order valence-electron chi connectivity index (χ4n) is 6.61. The number of allylic oxidation sites excluding steroid dienone is 1. The van der Waals surface area contributed by atoms with Crippen molar-refractivity contribution in [2.75, 3.05) is 39.6 Å². The monoisotopic (exact) mass is 760 g/mol. The molecule has 0 spiro atoms. The zero-order valence-electron chi connectivity index (χ0n) is 31.5. The number of hydrogen-bond donors (Lipinski definition) is 2. The molecule has 2 aliphatic rings. The highest BCUT2D eigenvalue weighted by molar-refractivity contribution is 6.23. The average molecular weight is 761 g/mol. The number of benzene rings is 4. The smallest absolute Gasteiger partial charge is 0.262 e. The van der Waals surface area contributed by atoms with Gasteiger partial charge in [-0.05, 0) is 103 Å². The topological polar surface area (TPSA) is 141 Å². The van der Waals surface area contributed by atoms with Crippen molar-refractivity contribution in [2.45, 2.75) is 57.4 Å². The molecule has 0 bridgehead atoms. The molecule has 0 radical (unpaired) electrons. The second-order valence-electron chi connectivity index (χ2n) is 13.8. The van der Waals surface area contributed by atoms with Gasteiger partial charge in [0.25, 0.3) is 11.8 Å². The van der Waals surface area contributed by atoms with Crippen LogP contribution in [0.25, 0.3) is 11.6 Å². The number of phenolic OH excluding ortho intramolecular Hbond substituents is 1. The Morgan fingerprint density at radius 1 is 0.696 bits per heavy atom. The van der Waals surface area contributed by atoms with E-state index in [2.05, 4.69) is 47.8 Å². The van der Waals surface area contributed by atoms with E-state index in [1.54, 1.807) is 18.2 Å². The molecule has 0 saturated carbocycles. The van der Waals surface area contributed by atoms with E-state index in [0.717, 1.165) is 48.3 Å². The third-order valence-corrected chi connectivity index (χ3v) is 9.63. The maximum atomic E-state index is 13.0. The van der Waals surface area contributed by atoms with Crippen molar-refractivity contribution in [3.8, 4) is 17.2 Å². The summed E-state index contributed by atoms with van der Waals surface area (Å²) in [4.78, 5) is 50.5. The Bertz CT molecular complexity index is 1980. The van der Waals surface area contributed by atoms with Crippen molar-refractivity contribution in [1.29, 1.82) is 0 Å².